The normalized spacial score (nSPS) is 18.1. The van der Waals surface area contributed by atoms with E-state index in [1.54, 1.807) is 17.0 Å². The summed E-state index contributed by atoms with van der Waals surface area (Å²) >= 11 is 5.81. The number of benzene rings is 2. The lowest BCUT2D eigenvalue weighted by molar-refractivity contribution is -0.121. The molecule has 2 aromatic carbocycles. The summed E-state index contributed by atoms with van der Waals surface area (Å²) in [5.74, 6) is -0.188. The van der Waals surface area contributed by atoms with E-state index in [1.165, 1.54) is 6.07 Å². The van der Waals surface area contributed by atoms with Crippen molar-refractivity contribution in [3.05, 3.63) is 58.9 Å². The Hall–Kier alpha value is -2.44. The van der Waals surface area contributed by atoms with Crippen LogP contribution < -0.4 is 10.2 Å². The minimum atomic E-state index is -0.290. The van der Waals surface area contributed by atoms with Crippen LogP contribution in [0.1, 0.15) is 31.2 Å². The van der Waals surface area contributed by atoms with E-state index in [4.69, 9.17) is 11.6 Å². The first-order valence-electron chi connectivity index (χ1n) is 10.4. The van der Waals surface area contributed by atoms with Gasteiger partial charge in [0.2, 0.25) is 11.8 Å². The maximum absolute atomic E-state index is 14.0. The fourth-order valence-electron chi connectivity index (χ4n) is 4.13. The number of piperidine rings is 1. The van der Waals surface area contributed by atoms with Crippen LogP contribution in [0.2, 0.25) is 5.02 Å². The van der Waals surface area contributed by atoms with E-state index in [0.29, 0.717) is 23.6 Å². The van der Waals surface area contributed by atoms with Gasteiger partial charge in [0.1, 0.15) is 5.82 Å². The predicted molar refractivity (Wildman–Crippen MR) is 116 cm³/mol. The van der Waals surface area contributed by atoms with Gasteiger partial charge in [0, 0.05) is 47.4 Å². The highest BCUT2D eigenvalue weighted by Crippen LogP contribution is 2.25. The summed E-state index contributed by atoms with van der Waals surface area (Å²) in [7, 11) is 0. The summed E-state index contributed by atoms with van der Waals surface area (Å²) < 4.78 is 14.0. The molecule has 7 heteroatoms. The zero-order valence-electron chi connectivity index (χ0n) is 16.7. The Bertz CT molecular complexity index is 927. The van der Waals surface area contributed by atoms with Gasteiger partial charge in [-0.2, -0.15) is 0 Å². The van der Waals surface area contributed by atoms with Gasteiger partial charge in [0.05, 0.1) is 0 Å². The molecule has 0 radical (unpaired) electrons. The van der Waals surface area contributed by atoms with Crippen molar-refractivity contribution in [3.63, 3.8) is 0 Å². The monoisotopic (exact) mass is 429 g/mol. The molecular formula is C23H25ClFN3O2. The molecule has 2 fully saturated rings. The Morgan fingerprint density at radius 2 is 1.83 bits per heavy atom. The fourth-order valence-corrected chi connectivity index (χ4v) is 4.29. The summed E-state index contributed by atoms with van der Waals surface area (Å²) in [5, 5.41) is 3.38. The minimum Gasteiger partial charge on any atom is -0.326 e. The molecule has 2 aliphatic heterocycles. The van der Waals surface area contributed by atoms with Gasteiger partial charge in [-0.05, 0) is 68.8 Å². The van der Waals surface area contributed by atoms with Crippen LogP contribution in [0.4, 0.5) is 15.8 Å². The molecule has 2 heterocycles. The summed E-state index contributed by atoms with van der Waals surface area (Å²) in [6.45, 7) is 2.77. The average Bonchev–Trinajstić information content (AvgIpc) is 3.17. The molecule has 0 atom stereocenters. The topological polar surface area (TPSA) is 52.7 Å². The molecule has 0 aliphatic carbocycles. The zero-order chi connectivity index (χ0) is 21.1. The second-order valence-corrected chi connectivity index (χ2v) is 8.41. The Morgan fingerprint density at radius 3 is 2.47 bits per heavy atom. The molecule has 158 valence electrons. The number of nitrogens with one attached hydrogen (secondary N) is 1. The second-order valence-electron chi connectivity index (χ2n) is 7.97. The van der Waals surface area contributed by atoms with Gasteiger partial charge >= 0.3 is 0 Å². The summed E-state index contributed by atoms with van der Waals surface area (Å²) in [4.78, 5) is 28.4. The van der Waals surface area contributed by atoms with E-state index in [0.717, 1.165) is 50.3 Å². The van der Waals surface area contributed by atoms with E-state index < -0.39 is 0 Å². The van der Waals surface area contributed by atoms with E-state index >= 15 is 0 Å². The van der Waals surface area contributed by atoms with Crippen molar-refractivity contribution in [3.8, 4) is 0 Å². The van der Waals surface area contributed by atoms with Gasteiger partial charge in [-0.3, -0.25) is 14.5 Å². The van der Waals surface area contributed by atoms with Crippen molar-refractivity contribution in [1.29, 1.82) is 0 Å². The Morgan fingerprint density at radius 1 is 1.10 bits per heavy atom. The highest BCUT2D eigenvalue weighted by Gasteiger charge is 2.26. The number of carbonyl (C=O) groups excluding carboxylic acids is 2. The molecule has 0 unspecified atom stereocenters. The number of likely N-dealkylation sites (tertiary alicyclic amines) is 1. The maximum atomic E-state index is 14.0. The number of carbonyl (C=O) groups is 2. The van der Waals surface area contributed by atoms with Crippen LogP contribution in [0.15, 0.2) is 42.5 Å². The number of halogens is 2. The first kappa shape index (κ1) is 20.8. The van der Waals surface area contributed by atoms with Gasteiger partial charge in [0.15, 0.2) is 0 Å². The molecule has 0 spiro atoms. The number of nitrogens with zero attached hydrogens (tertiary/aromatic N) is 2. The number of anilines is 2. The molecule has 0 bridgehead atoms. The molecule has 5 nitrogen and oxygen atoms in total. The van der Waals surface area contributed by atoms with E-state index in [1.807, 2.05) is 24.3 Å². The molecule has 0 aromatic heterocycles. The third kappa shape index (κ3) is 4.82. The predicted octanol–water partition coefficient (Wildman–Crippen LogP) is 4.46. The van der Waals surface area contributed by atoms with E-state index in [2.05, 4.69) is 10.2 Å². The summed E-state index contributed by atoms with van der Waals surface area (Å²) in [6.07, 6.45) is 2.96. The molecule has 4 rings (SSSR count). The molecule has 0 saturated carbocycles. The van der Waals surface area contributed by atoms with Gasteiger partial charge in [-0.1, -0.05) is 17.7 Å². The molecular weight excluding hydrogens is 405 g/mol. The van der Waals surface area contributed by atoms with Crippen molar-refractivity contribution >= 4 is 34.8 Å². The highest BCUT2D eigenvalue weighted by molar-refractivity contribution is 6.30. The van der Waals surface area contributed by atoms with Gasteiger partial charge in [-0.15, -0.1) is 0 Å². The van der Waals surface area contributed by atoms with Gasteiger partial charge in [-0.25, -0.2) is 4.39 Å². The van der Waals surface area contributed by atoms with Crippen LogP contribution in [0, 0.1) is 11.7 Å². The number of rotatable bonds is 5. The smallest absolute Gasteiger partial charge is 0.227 e. The molecule has 2 aliphatic rings. The van der Waals surface area contributed by atoms with Crippen LogP contribution in [0.25, 0.3) is 0 Å². The van der Waals surface area contributed by atoms with Crippen LogP contribution in [0.5, 0.6) is 0 Å². The SMILES string of the molecule is O=C(Nc1ccc(N2CCCC2=O)cc1)C1CCN(Cc2ccc(Cl)cc2F)CC1. The van der Waals surface area contributed by atoms with Crippen LogP contribution in [-0.2, 0) is 16.1 Å². The first-order valence-corrected chi connectivity index (χ1v) is 10.7. The largest absolute Gasteiger partial charge is 0.326 e. The molecule has 30 heavy (non-hydrogen) atoms. The minimum absolute atomic E-state index is 0.0114. The Labute approximate surface area is 180 Å². The second kappa shape index (κ2) is 9.14. The van der Waals surface area contributed by atoms with Crippen molar-refractivity contribution in [1.82, 2.24) is 4.90 Å². The maximum Gasteiger partial charge on any atom is 0.227 e. The van der Waals surface area contributed by atoms with Crippen LogP contribution in [0.3, 0.4) is 0 Å². The van der Waals surface area contributed by atoms with Gasteiger partial charge < -0.3 is 10.2 Å². The standard InChI is InChI=1S/C23H25ClFN3O2/c24-18-4-3-17(21(25)14-18)15-27-12-9-16(10-13-27)23(30)26-19-5-7-20(8-6-19)28-11-1-2-22(28)29/h3-8,14,16H,1-2,9-13,15H2,(H,26,30). The lowest BCUT2D eigenvalue weighted by Crippen LogP contribution is -2.37. The number of amides is 2. The Kier molecular flexibility index (Phi) is 6.35. The molecule has 2 saturated heterocycles. The van der Waals surface area contributed by atoms with Crippen molar-refractivity contribution in [2.24, 2.45) is 5.92 Å². The molecule has 2 amide bonds. The average molecular weight is 430 g/mol. The quantitative estimate of drug-likeness (QED) is 0.763. The lowest BCUT2D eigenvalue weighted by atomic mass is 9.95. The van der Waals surface area contributed by atoms with Crippen molar-refractivity contribution < 1.29 is 14.0 Å². The van der Waals surface area contributed by atoms with Gasteiger partial charge in [0.25, 0.3) is 0 Å². The number of hydrogen-bond acceptors (Lipinski definition) is 3. The zero-order valence-corrected chi connectivity index (χ0v) is 17.5. The third-order valence-corrected chi connectivity index (χ3v) is 6.12. The van der Waals surface area contributed by atoms with E-state index in [9.17, 15) is 14.0 Å². The lowest BCUT2D eigenvalue weighted by Gasteiger charge is -2.31. The van der Waals surface area contributed by atoms with Crippen LogP contribution >= 0.6 is 11.6 Å². The number of hydrogen-bond donors (Lipinski definition) is 1. The van der Waals surface area contributed by atoms with E-state index in [-0.39, 0.29) is 23.5 Å². The fraction of sp³-hybridized carbons (Fsp3) is 0.391. The Balaban J connectivity index is 1.27. The molecule has 1 N–H and O–H groups in total. The summed E-state index contributed by atoms with van der Waals surface area (Å²) in [6, 6.07) is 12.2. The third-order valence-electron chi connectivity index (χ3n) is 5.89. The van der Waals surface area contributed by atoms with Crippen molar-refractivity contribution in [2.75, 3.05) is 29.9 Å². The van der Waals surface area contributed by atoms with Crippen molar-refractivity contribution in [2.45, 2.75) is 32.2 Å². The highest BCUT2D eigenvalue weighted by atomic mass is 35.5. The van der Waals surface area contributed by atoms with Crippen LogP contribution in [-0.4, -0.2) is 36.3 Å². The molecule has 2 aromatic rings. The summed E-state index contributed by atoms with van der Waals surface area (Å²) in [5.41, 5.74) is 2.23. The first-order chi connectivity index (χ1) is 14.5.